The van der Waals surface area contributed by atoms with Crippen molar-refractivity contribution in [1.29, 1.82) is 5.26 Å². The molecule has 1 atom stereocenters. The number of rotatable bonds is 4. The zero-order valence-electron chi connectivity index (χ0n) is 16.3. The summed E-state index contributed by atoms with van der Waals surface area (Å²) in [6, 6.07) is 19.1. The van der Waals surface area contributed by atoms with Crippen LogP contribution in [-0.4, -0.2) is 10.9 Å². The third kappa shape index (κ3) is 3.85. The Morgan fingerprint density at radius 2 is 1.94 bits per heavy atom. The normalized spacial score (nSPS) is 14.7. The number of hydrogen-bond donors (Lipinski definition) is 1. The summed E-state index contributed by atoms with van der Waals surface area (Å²) in [4.78, 5) is 23.2. The highest BCUT2D eigenvalue weighted by Crippen LogP contribution is 2.44. The fourth-order valence-corrected chi connectivity index (χ4v) is 3.66. The van der Waals surface area contributed by atoms with E-state index in [0.29, 0.717) is 11.1 Å². The standard InChI is InChI=1S/C23H14ClN3O5/c24-19-7-2-1-6-16(19)23(28)31-15-8-9-17-20(11-15)32-22(26)18(12-25)21(17)13-4-3-5-14(10-13)27(29)30/h1-11,21H,26H2. The summed E-state index contributed by atoms with van der Waals surface area (Å²) in [5.41, 5.74) is 7.23. The number of fused-ring (bicyclic) bond motifs is 1. The number of allylic oxidation sites excluding steroid dienone is 1. The van der Waals surface area contributed by atoms with Gasteiger partial charge in [-0.05, 0) is 23.8 Å². The molecule has 0 radical (unpaired) electrons. The predicted molar refractivity (Wildman–Crippen MR) is 115 cm³/mol. The van der Waals surface area contributed by atoms with Gasteiger partial charge in [-0.1, -0.05) is 41.9 Å². The van der Waals surface area contributed by atoms with E-state index in [9.17, 15) is 20.2 Å². The lowest BCUT2D eigenvalue weighted by atomic mass is 9.83. The van der Waals surface area contributed by atoms with E-state index >= 15 is 0 Å². The van der Waals surface area contributed by atoms with Crippen molar-refractivity contribution < 1.29 is 19.2 Å². The Balaban J connectivity index is 1.73. The van der Waals surface area contributed by atoms with Crippen molar-refractivity contribution in [3.05, 3.63) is 110 Å². The Morgan fingerprint density at radius 1 is 1.16 bits per heavy atom. The number of nitrogens with zero attached hydrogens (tertiary/aromatic N) is 2. The van der Waals surface area contributed by atoms with E-state index in [2.05, 4.69) is 0 Å². The van der Waals surface area contributed by atoms with Crippen LogP contribution >= 0.6 is 11.6 Å². The van der Waals surface area contributed by atoms with Crippen molar-refractivity contribution in [2.45, 2.75) is 5.92 Å². The van der Waals surface area contributed by atoms with Gasteiger partial charge >= 0.3 is 5.97 Å². The molecule has 32 heavy (non-hydrogen) atoms. The maximum Gasteiger partial charge on any atom is 0.345 e. The maximum atomic E-state index is 12.5. The van der Waals surface area contributed by atoms with Gasteiger partial charge in [-0.2, -0.15) is 5.26 Å². The van der Waals surface area contributed by atoms with Crippen LogP contribution in [0, 0.1) is 21.4 Å². The first-order valence-electron chi connectivity index (χ1n) is 9.31. The molecule has 2 N–H and O–H groups in total. The summed E-state index contributed by atoms with van der Waals surface area (Å²) >= 11 is 6.05. The van der Waals surface area contributed by atoms with Crippen molar-refractivity contribution in [1.82, 2.24) is 0 Å². The van der Waals surface area contributed by atoms with Crippen molar-refractivity contribution >= 4 is 23.3 Å². The fourth-order valence-electron chi connectivity index (χ4n) is 3.45. The number of benzene rings is 3. The molecule has 0 spiro atoms. The van der Waals surface area contributed by atoms with Gasteiger partial charge in [-0.3, -0.25) is 10.1 Å². The summed E-state index contributed by atoms with van der Waals surface area (Å²) < 4.78 is 11.0. The van der Waals surface area contributed by atoms with E-state index in [-0.39, 0.29) is 39.2 Å². The third-order valence-electron chi connectivity index (χ3n) is 4.91. The van der Waals surface area contributed by atoms with E-state index in [1.807, 2.05) is 6.07 Å². The molecular weight excluding hydrogens is 434 g/mol. The minimum atomic E-state index is -0.683. The summed E-state index contributed by atoms with van der Waals surface area (Å²) in [6.45, 7) is 0. The third-order valence-corrected chi connectivity index (χ3v) is 5.24. The zero-order chi connectivity index (χ0) is 22.8. The van der Waals surface area contributed by atoms with Crippen LogP contribution < -0.4 is 15.2 Å². The van der Waals surface area contributed by atoms with Gasteiger partial charge in [-0.25, -0.2) is 4.79 Å². The highest BCUT2D eigenvalue weighted by molar-refractivity contribution is 6.33. The zero-order valence-corrected chi connectivity index (χ0v) is 17.1. The number of non-ortho nitro benzene ring substituents is 1. The van der Waals surface area contributed by atoms with E-state index in [1.165, 1.54) is 36.4 Å². The van der Waals surface area contributed by atoms with E-state index < -0.39 is 16.8 Å². The van der Waals surface area contributed by atoms with Crippen molar-refractivity contribution in [3.63, 3.8) is 0 Å². The molecule has 0 fully saturated rings. The Morgan fingerprint density at radius 3 is 2.66 bits per heavy atom. The molecule has 1 aliphatic rings. The first-order valence-corrected chi connectivity index (χ1v) is 9.69. The molecular formula is C23H14ClN3O5. The van der Waals surface area contributed by atoms with Crippen LogP contribution in [0.2, 0.25) is 5.02 Å². The van der Waals surface area contributed by atoms with Gasteiger partial charge < -0.3 is 15.2 Å². The molecule has 0 bridgehead atoms. The second kappa shape index (κ2) is 8.41. The average molecular weight is 448 g/mol. The smallest absolute Gasteiger partial charge is 0.345 e. The van der Waals surface area contributed by atoms with Gasteiger partial charge in [0, 0.05) is 23.8 Å². The van der Waals surface area contributed by atoms with Crippen molar-refractivity contribution in [3.8, 4) is 17.6 Å². The molecule has 3 aromatic rings. The number of nitrogens with two attached hydrogens (primary N) is 1. The Labute approximate surface area is 187 Å². The van der Waals surface area contributed by atoms with Crippen LogP contribution in [0.25, 0.3) is 0 Å². The second-order valence-electron chi connectivity index (χ2n) is 6.85. The van der Waals surface area contributed by atoms with Crippen molar-refractivity contribution in [2.24, 2.45) is 5.73 Å². The molecule has 0 saturated heterocycles. The molecule has 9 heteroatoms. The lowest BCUT2D eigenvalue weighted by Gasteiger charge is -2.26. The monoisotopic (exact) mass is 447 g/mol. The average Bonchev–Trinajstić information content (AvgIpc) is 2.78. The summed E-state index contributed by atoms with van der Waals surface area (Å²) in [7, 11) is 0. The molecule has 0 aromatic heterocycles. The molecule has 1 aliphatic heterocycles. The number of carbonyl (C=O) groups excluding carboxylic acids is 1. The van der Waals surface area contributed by atoms with E-state index in [1.54, 1.807) is 30.3 Å². The molecule has 0 amide bonds. The van der Waals surface area contributed by atoms with Gasteiger partial charge in [0.05, 0.1) is 21.4 Å². The number of nitro groups is 1. The number of nitro benzene ring substituents is 1. The molecule has 8 nitrogen and oxygen atoms in total. The Bertz CT molecular complexity index is 1330. The molecule has 0 aliphatic carbocycles. The number of carbonyl (C=O) groups is 1. The van der Waals surface area contributed by atoms with Gasteiger partial charge in [-0.15, -0.1) is 0 Å². The van der Waals surface area contributed by atoms with Crippen LogP contribution in [0.3, 0.4) is 0 Å². The summed E-state index contributed by atoms with van der Waals surface area (Å²) in [5, 5.41) is 21.1. The molecule has 0 saturated carbocycles. The van der Waals surface area contributed by atoms with Crippen LogP contribution in [0.1, 0.15) is 27.4 Å². The van der Waals surface area contributed by atoms with Gasteiger partial charge in [0.1, 0.15) is 23.1 Å². The van der Waals surface area contributed by atoms with Crippen LogP contribution in [-0.2, 0) is 0 Å². The van der Waals surface area contributed by atoms with Crippen LogP contribution in [0.4, 0.5) is 5.69 Å². The Hall–Kier alpha value is -4.35. The highest BCUT2D eigenvalue weighted by atomic mass is 35.5. The quantitative estimate of drug-likeness (QED) is 0.266. The summed E-state index contributed by atoms with van der Waals surface area (Å²) in [6.07, 6.45) is 0. The van der Waals surface area contributed by atoms with Crippen molar-refractivity contribution in [2.75, 3.05) is 0 Å². The van der Waals surface area contributed by atoms with E-state index in [0.717, 1.165) is 0 Å². The van der Waals surface area contributed by atoms with Gasteiger partial charge in [0.2, 0.25) is 5.88 Å². The molecule has 4 rings (SSSR count). The van der Waals surface area contributed by atoms with Crippen LogP contribution in [0.5, 0.6) is 11.5 Å². The number of halogens is 1. The number of esters is 1. The topological polar surface area (TPSA) is 128 Å². The lowest BCUT2D eigenvalue weighted by molar-refractivity contribution is -0.384. The van der Waals surface area contributed by atoms with E-state index in [4.69, 9.17) is 26.8 Å². The fraction of sp³-hybridized carbons (Fsp3) is 0.0435. The van der Waals surface area contributed by atoms with Gasteiger partial charge in [0.25, 0.3) is 5.69 Å². The predicted octanol–water partition coefficient (Wildman–Crippen LogP) is 4.69. The number of nitriles is 1. The van der Waals surface area contributed by atoms with Gasteiger partial charge in [0.15, 0.2) is 0 Å². The SMILES string of the molecule is N#CC1=C(N)Oc2cc(OC(=O)c3ccccc3Cl)ccc2C1c1cccc([N+](=O)[O-])c1. The number of hydrogen-bond acceptors (Lipinski definition) is 7. The highest BCUT2D eigenvalue weighted by Gasteiger charge is 2.32. The molecule has 1 unspecified atom stereocenters. The minimum Gasteiger partial charge on any atom is -0.440 e. The number of ether oxygens (including phenoxy) is 2. The van der Waals surface area contributed by atoms with Crippen LogP contribution in [0.15, 0.2) is 78.2 Å². The molecule has 3 aromatic carbocycles. The first-order chi connectivity index (χ1) is 15.4. The first kappa shape index (κ1) is 20.9. The summed E-state index contributed by atoms with van der Waals surface area (Å²) in [5.74, 6) is -1.02. The lowest BCUT2D eigenvalue weighted by Crippen LogP contribution is -2.21. The Kier molecular flexibility index (Phi) is 5.50. The maximum absolute atomic E-state index is 12.5. The minimum absolute atomic E-state index is 0.114. The molecule has 1 heterocycles. The largest absolute Gasteiger partial charge is 0.440 e. The molecule has 158 valence electrons. The second-order valence-corrected chi connectivity index (χ2v) is 7.25.